The molecule has 0 heterocycles. The van der Waals surface area contributed by atoms with E-state index in [-0.39, 0.29) is 18.5 Å². The summed E-state index contributed by atoms with van der Waals surface area (Å²) in [6.07, 6.45) is 5.66. The zero-order valence-electron chi connectivity index (χ0n) is 10.4. The zero-order chi connectivity index (χ0) is 13.5. The van der Waals surface area contributed by atoms with E-state index >= 15 is 0 Å². The first-order valence-electron chi connectivity index (χ1n) is 6.12. The van der Waals surface area contributed by atoms with E-state index in [2.05, 4.69) is 91.2 Å². The molecule has 3 rings (SSSR count). The monoisotopic (exact) mass is 454 g/mol. The van der Waals surface area contributed by atoms with Gasteiger partial charge in [-0.1, -0.05) is 66.7 Å². The molecule has 0 bridgehead atoms. The molecule has 0 spiro atoms. The molecule has 2 aromatic rings. The van der Waals surface area contributed by atoms with Crippen molar-refractivity contribution in [2.24, 2.45) is 0 Å². The summed E-state index contributed by atoms with van der Waals surface area (Å²) < 4.78 is 0. The number of halogens is 2. The van der Waals surface area contributed by atoms with Crippen LogP contribution in [0, 0.1) is 0 Å². The van der Waals surface area contributed by atoms with Crippen LogP contribution in [0.2, 0.25) is 0 Å². The number of allylic oxidation sites excluding steroid dienone is 1. The Balaban J connectivity index is 0.000000408. The van der Waals surface area contributed by atoms with E-state index in [4.69, 9.17) is 0 Å². The van der Waals surface area contributed by atoms with Crippen LogP contribution in [0.15, 0.2) is 60.7 Å². The van der Waals surface area contributed by atoms with E-state index in [0.717, 1.165) is 6.42 Å². The van der Waals surface area contributed by atoms with Crippen molar-refractivity contribution >= 4 is 30.5 Å². The summed E-state index contributed by atoms with van der Waals surface area (Å²) in [4.78, 5) is 0. The SMILES string of the molecule is C1=CC(Cc2ccccc2)c2ccccc21.[Br][Zr][Br]. The first-order chi connectivity index (χ1) is 9.35. The molecular formula is C16H14Br2Zr. The van der Waals surface area contributed by atoms with Gasteiger partial charge in [0.1, 0.15) is 0 Å². The summed E-state index contributed by atoms with van der Waals surface area (Å²) in [5, 5.41) is 0. The second-order valence-corrected chi connectivity index (χ2v) is 15.7. The average Bonchev–Trinajstić information content (AvgIpc) is 2.85. The van der Waals surface area contributed by atoms with Gasteiger partial charge in [-0.05, 0) is 23.1 Å². The van der Waals surface area contributed by atoms with Crippen molar-refractivity contribution in [3.8, 4) is 0 Å². The van der Waals surface area contributed by atoms with E-state index in [1.807, 2.05) is 0 Å². The first kappa shape index (κ1) is 15.4. The number of rotatable bonds is 2. The Kier molecular flexibility index (Phi) is 6.77. The third kappa shape index (κ3) is 4.51. The minimum atomic E-state index is -0.145. The van der Waals surface area contributed by atoms with Gasteiger partial charge in [0.05, 0.1) is 0 Å². The molecule has 0 saturated heterocycles. The Morgan fingerprint density at radius 2 is 1.53 bits per heavy atom. The van der Waals surface area contributed by atoms with E-state index in [1.165, 1.54) is 16.7 Å². The quantitative estimate of drug-likeness (QED) is 0.541. The number of benzene rings is 2. The molecule has 0 aliphatic heterocycles. The van der Waals surface area contributed by atoms with Crippen LogP contribution in [-0.4, -0.2) is 0 Å². The van der Waals surface area contributed by atoms with Crippen molar-refractivity contribution in [1.29, 1.82) is 0 Å². The summed E-state index contributed by atoms with van der Waals surface area (Å²) in [6.45, 7) is 0. The minimum absolute atomic E-state index is 0.145. The van der Waals surface area contributed by atoms with Crippen LogP contribution in [0.5, 0.6) is 0 Å². The van der Waals surface area contributed by atoms with Gasteiger partial charge in [-0.15, -0.1) is 0 Å². The van der Waals surface area contributed by atoms with Gasteiger partial charge in [-0.3, -0.25) is 0 Å². The van der Waals surface area contributed by atoms with Gasteiger partial charge in [0.2, 0.25) is 0 Å². The molecule has 1 aliphatic rings. The maximum atomic E-state index is 3.23. The fraction of sp³-hybridized carbons (Fsp3) is 0.125. The van der Waals surface area contributed by atoms with Crippen LogP contribution in [0.3, 0.4) is 0 Å². The van der Waals surface area contributed by atoms with Crippen molar-refractivity contribution in [2.45, 2.75) is 12.3 Å². The average molecular weight is 457 g/mol. The van der Waals surface area contributed by atoms with E-state index in [0.29, 0.717) is 5.92 Å². The molecule has 96 valence electrons. The molecule has 0 amide bonds. The number of hydrogen-bond donors (Lipinski definition) is 0. The predicted molar refractivity (Wildman–Crippen MR) is 86.2 cm³/mol. The number of fused-ring (bicyclic) bond motifs is 1. The Bertz CT molecular complexity index is 537. The van der Waals surface area contributed by atoms with Gasteiger partial charge in [-0.2, -0.15) is 0 Å². The fourth-order valence-corrected chi connectivity index (χ4v) is 2.37. The Hall–Kier alpha value is 0.0231. The molecule has 0 saturated carbocycles. The molecule has 2 aromatic carbocycles. The topological polar surface area (TPSA) is 0 Å². The standard InChI is InChI=1S/C16H14.2BrH.Zr/c1-2-6-13(7-3-1)12-15-11-10-14-8-4-5-9-16(14)15;;;/h1-11,15H,12H2;2*1H;/q;;;+2/p-2. The van der Waals surface area contributed by atoms with E-state index in [9.17, 15) is 0 Å². The molecule has 1 unspecified atom stereocenters. The predicted octanol–water partition coefficient (Wildman–Crippen LogP) is 5.73. The fourth-order valence-electron chi connectivity index (χ4n) is 2.37. The molecule has 19 heavy (non-hydrogen) atoms. The molecule has 0 aromatic heterocycles. The second kappa shape index (κ2) is 8.34. The van der Waals surface area contributed by atoms with Crippen molar-refractivity contribution in [3.05, 3.63) is 77.4 Å². The third-order valence-corrected chi connectivity index (χ3v) is 3.20. The van der Waals surface area contributed by atoms with Crippen molar-refractivity contribution < 1.29 is 18.5 Å². The normalized spacial score (nSPS) is 15.4. The van der Waals surface area contributed by atoms with E-state index < -0.39 is 0 Å². The summed E-state index contributed by atoms with van der Waals surface area (Å²) in [7, 11) is 0. The molecule has 1 atom stereocenters. The third-order valence-electron chi connectivity index (χ3n) is 3.20. The van der Waals surface area contributed by atoms with Crippen LogP contribution in [0.25, 0.3) is 6.08 Å². The molecule has 3 heteroatoms. The van der Waals surface area contributed by atoms with Gasteiger partial charge in [-0.25, -0.2) is 0 Å². The van der Waals surface area contributed by atoms with Crippen LogP contribution < -0.4 is 0 Å². The van der Waals surface area contributed by atoms with Gasteiger partial charge in [0, 0.05) is 5.92 Å². The summed E-state index contributed by atoms with van der Waals surface area (Å²) in [6, 6.07) is 19.4. The first-order valence-corrected chi connectivity index (χ1v) is 17.4. The summed E-state index contributed by atoms with van der Waals surface area (Å²) >= 11 is 6.32. The van der Waals surface area contributed by atoms with Gasteiger partial charge >= 0.3 is 43.0 Å². The molecule has 0 radical (unpaired) electrons. The Labute approximate surface area is 137 Å². The van der Waals surface area contributed by atoms with Crippen molar-refractivity contribution in [1.82, 2.24) is 0 Å². The summed E-state index contributed by atoms with van der Waals surface area (Å²) in [5.74, 6) is 0.554. The van der Waals surface area contributed by atoms with Crippen LogP contribution in [0.1, 0.15) is 22.6 Å². The van der Waals surface area contributed by atoms with Crippen molar-refractivity contribution in [3.63, 3.8) is 0 Å². The maximum absolute atomic E-state index is 3.23. The molecule has 0 N–H and O–H groups in total. The number of hydrogen-bond acceptors (Lipinski definition) is 0. The van der Waals surface area contributed by atoms with Crippen LogP contribution in [-0.2, 0) is 25.0 Å². The second-order valence-electron chi connectivity index (χ2n) is 4.36. The molecule has 0 nitrogen and oxygen atoms in total. The summed E-state index contributed by atoms with van der Waals surface area (Å²) in [5.41, 5.74) is 4.25. The molecule has 1 aliphatic carbocycles. The van der Waals surface area contributed by atoms with Gasteiger partial charge in [0.15, 0.2) is 0 Å². The molecule has 0 fully saturated rings. The molecular weight excluding hydrogens is 443 g/mol. The van der Waals surface area contributed by atoms with Crippen molar-refractivity contribution in [2.75, 3.05) is 0 Å². The van der Waals surface area contributed by atoms with Gasteiger partial charge in [0.25, 0.3) is 0 Å². The van der Waals surface area contributed by atoms with Crippen LogP contribution >= 0.6 is 24.4 Å². The Morgan fingerprint density at radius 3 is 2.26 bits per heavy atom. The zero-order valence-corrected chi connectivity index (χ0v) is 16.0. The van der Waals surface area contributed by atoms with Crippen LogP contribution in [0.4, 0.5) is 0 Å². The Morgan fingerprint density at radius 1 is 0.895 bits per heavy atom. The van der Waals surface area contributed by atoms with E-state index in [1.54, 1.807) is 0 Å². The van der Waals surface area contributed by atoms with Gasteiger partial charge < -0.3 is 0 Å².